The van der Waals surface area contributed by atoms with Gasteiger partial charge in [-0.2, -0.15) is 0 Å². The fourth-order valence-electron chi connectivity index (χ4n) is 3.12. The summed E-state index contributed by atoms with van der Waals surface area (Å²) in [6, 6.07) is 8.80. The van der Waals surface area contributed by atoms with Gasteiger partial charge in [-0.05, 0) is 36.8 Å². The van der Waals surface area contributed by atoms with Crippen LogP contribution in [0.3, 0.4) is 0 Å². The highest BCUT2D eigenvalue weighted by atomic mass is 31.2. The molecule has 0 aromatic heterocycles. The Morgan fingerprint density at radius 1 is 1.00 bits per heavy atom. The van der Waals surface area contributed by atoms with Crippen molar-refractivity contribution in [1.29, 1.82) is 0 Å². The smallest absolute Gasteiger partial charge is 0.321 e. The summed E-state index contributed by atoms with van der Waals surface area (Å²) in [5.41, 5.74) is 8.33. The summed E-state index contributed by atoms with van der Waals surface area (Å²) in [7, 11) is -2.06. The SMILES string of the molecule is CCCCCCCCc1ccc(CCC2(N)COP(=O)(OC)OC2)cc1. The molecular formula is C20H34NO4P. The molecule has 6 heteroatoms. The van der Waals surface area contributed by atoms with Gasteiger partial charge in [0, 0.05) is 7.11 Å². The molecule has 2 N–H and O–H groups in total. The van der Waals surface area contributed by atoms with Gasteiger partial charge in [0.05, 0.1) is 18.8 Å². The molecule has 1 heterocycles. The van der Waals surface area contributed by atoms with E-state index in [0.717, 1.165) is 12.8 Å². The number of phosphoric acid groups is 1. The van der Waals surface area contributed by atoms with Crippen LogP contribution >= 0.6 is 7.82 Å². The highest BCUT2D eigenvalue weighted by Gasteiger charge is 2.40. The molecule has 0 radical (unpaired) electrons. The lowest BCUT2D eigenvalue weighted by atomic mass is 9.93. The van der Waals surface area contributed by atoms with Gasteiger partial charge in [0.15, 0.2) is 0 Å². The second-order valence-electron chi connectivity index (χ2n) is 7.37. The Morgan fingerprint density at radius 2 is 1.54 bits per heavy atom. The van der Waals surface area contributed by atoms with Crippen molar-refractivity contribution in [2.24, 2.45) is 5.73 Å². The second-order valence-corrected chi connectivity index (χ2v) is 9.15. The lowest BCUT2D eigenvalue weighted by Gasteiger charge is -2.35. The van der Waals surface area contributed by atoms with Crippen molar-refractivity contribution in [1.82, 2.24) is 0 Å². The normalized spacial score (nSPS) is 26.1. The van der Waals surface area contributed by atoms with Crippen molar-refractivity contribution >= 4 is 7.82 Å². The molecule has 148 valence electrons. The molecule has 0 saturated carbocycles. The quantitative estimate of drug-likeness (QED) is 0.429. The minimum atomic E-state index is -3.38. The summed E-state index contributed by atoms with van der Waals surface area (Å²) in [4.78, 5) is 0. The Hall–Kier alpha value is -0.710. The molecule has 0 aliphatic carbocycles. The van der Waals surface area contributed by atoms with Gasteiger partial charge in [-0.15, -0.1) is 0 Å². The summed E-state index contributed by atoms with van der Waals surface area (Å²) in [6.07, 6.45) is 10.7. The fraction of sp³-hybridized carbons (Fsp3) is 0.700. The highest BCUT2D eigenvalue weighted by molar-refractivity contribution is 7.48. The van der Waals surface area contributed by atoms with Crippen molar-refractivity contribution < 1.29 is 18.1 Å². The van der Waals surface area contributed by atoms with Crippen molar-refractivity contribution in [3.8, 4) is 0 Å². The van der Waals surface area contributed by atoms with E-state index in [2.05, 4.69) is 31.2 Å². The molecule has 0 atom stereocenters. The maximum absolute atomic E-state index is 11.8. The summed E-state index contributed by atoms with van der Waals surface area (Å²) in [5, 5.41) is 0. The van der Waals surface area contributed by atoms with Crippen LogP contribution in [0.25, 0.3) is 0 Å². The van der Waals surface area contributed by atoms with Gasteiger partial charge < -0.3 is 5.73 Å². The zero-order valence-corrected chi connectivity index (χ0v) is 17.1. The monoisotopic (exact) mass is 383 g/mol. The van der Waals surface area contributed by atoms with Gasteiger partial charge in [0.1, 0.15) is 0 Å². The maximum atomic E-state index is 11.8. The summed E-state index contributed by atoms with van der Waals surface area (Å²) < 4.78 is 27.0. The van der Waals surface area contributed by atoms with Gasteiger partial charge in [0.25, 0.3) is 0 Å². The van der Waals surface area contributed by atoms with Crippen LogP contribution in [0.2, 0.25) is 0 Å². The summed E-state index contributed by atoms with van der Waals surface area (Å²) >= 11 is 0. The van der Waals surface area contributed by atoms with E-state index < -0.39 is 13.4 Å². The molecule has 26 heavy (non-hydrogen) atoms. The number of nitrogens with two attached hydrogens (primary N) is 1. The molecule has 0 bridgehead atoms. The first-order valence-electron chi connectivity index (χ1n) is 9.80. The van der Waals surface area contributed by atoms with E-state index in [9.17, 15) is 4.57 Å². The average Bonchev–Trinajstić information content (AvgIpc) is 2.67. The lowest BCUT2D eigenvalue weighted by molar-refractivity contribution is 0.0292. The minimum absolute atomic E-state index is 0.189. The fourth-order valence-corrected chi connectivity index (χ4v) is 4.24. The lowest BCUT2D eigenvalue weighted by Crippen LogP contribution is -2.51. The average molecular weight is 383 g/mol. The van der Waals surface area contributed by atoms with E-state index in [4.69, 9.17) is 19.3 Å². The van der Waals surface area contributed by atoms with Crippen LogP contribution in [0, 0.1) is 0 Å². The molecule has 1 aliphatic rings. The van der Waals surface area contributed by atoms with E-state index in [-0.39, 0.29) is 13.2 Å². The van der Waals surface area contributed by atoms with Crippen molar-refractivity contribution in [3.63, 3.8) is 0 Å². The number of rotatable bonds is 11. The second kappa shape index (κ2) is 10.6. The number of benzene rings is 1. The first-order chi connectivity index (χ1) is 12.5. The van der Waals surface area contributed by atoms with E-state index in [1.165, 1.54) is 56.8 Å². The molecular weight excluding hydrogens is 349 g/mol. The number of hydrogen-bond acceptors (Lipinski definition) is 5. The third-order valence-electron chi connectivity index (χ3n) is 5.00. The van der Waals surface area contributed by atoms with Gasteiger partial charge in [-0.25, -0.2) is 4.57 Å². The Morgan fingerprint density at radius 3 is 2.12 bits per heavy atom. The Balaban J connectivity index is 1.69. The predicted octanol–water partition coefficient (Wildman–Crippen LogP) is 5.02. The van der Waals surface area contributed by atoms with E-state index >= 15 is 0 Å². The van der Waals surface area contributed by atoms with Crippen molar-refractivity contribution in [2.45, 2.75) is 70.3 Å². The maximum Gasteiger partial charge on any atom is 0.474 e. The number of phosphoric ester groups is 1. The standard InChI is InChI=1S/C20H34NO4P/c1-3-4-5-6-7-8-9-18-10-12-19(13-11-18)14-15-20(21)16-24-26(22,23-2)25-17-20/h10-13H,3-9,14-17,21H2,1-2H3. The molecule has 1 aliphatic heterocycles. The van der Waals surface area contributed by atoms with Crippen LogP contribution < -0.4 is 5.73 Å². The number of unbranched alkanes of at least 4 members (excludes halogenated alkanes) is 5. The molecule has 1 aromatic rings. The molecule has 1 aromatic carbocycles. The highest BCUT2D eigenvalue weighted by Crippen LogP contribution is 2.52. The van der Waals surface area contributed by atoms with Crippen LogP contribution in [0.5, 0.6) is 0 Å². The van der Waals surface area contributed by atoms with E-state index in [1.54, 1.807) is 0 Å². The molecule has 0 spiro atoms. The molecule has 2 rings (SSSR count). The Labute approximate surface area is 158 Å². The summed E-state index contributed by atoms with van der Waals surface area (Å²) in [6.45, 7) is 2.63. The zero-order valence-electron chi connectivity index (χ0n) is 16.2. The van der Waals surface area contributed by atoms with Gasteiger partial charge in [0.2, 0.25) is 0 Å². The predicted molar refractivity (Wildman–Crippen MR) is 105 cm³/mol. The van der Waals surface area contributed by atoms with Crippen LogP contribution in [0.1, 0.15) is 63.0 Å². The zero-order chi connectivity index (χ0) is 18.9. The molecule has 1 saturated heterocycles. The first-order valence-corrected chi connectivity index (χ1v) is 11.3. The van der Waals surface area contributed by atoms with Crippen molar-refractivity contribution in [2.75, 3.05) is 20.3 Å². The van der Waals surface area contributed by atoms with Gasteiger partial charge >= 0.3 is 7.82 Å². The number of hydrogen-bond donors (Lipinski definition) is 1. The van der Waals surface area contributed by atoms with E-state index in [1.807, 2.05) is 0 Å². The van der Waals surface area contributed by atoms with Crippen LogP contribution in [-0.4, -0.2) is 25.9 Å². The summed E-state index contributed by atoms with van der Waals surface area (Å²) in [5.74, 6) is 0. The largest absolute Gasteiger partial charge is 0.474 e. The van der Waals surface area contributed by atoms with Crippen molar-refractivity contribution in [3.05, 3.63) is 35.4 Å². The molecule has 0 amide bonds. The van der Waals surface area contributed by atoms with Crippen LogP contribution in [0.15, 0.2) is 24.3 Å². The molecule has 5 nitrogen and oxygen atoms in total. The third-order valence-corrected chi connectivity index (χ3v) is 6.34. The Bertz CT molecular complexity index is 564. The van der Waals surface area contributed by atoms with Gasteiger partial charge in [-0.3, -0.25) is 13.6 Å². The van der Waals surface area contributed by atoms with Crippen LogP contribution in [0.4, 0.5) is 0 Å². The molecule has 1 fully saturated rings. The first kappa shape index (κ1) is 21.6. The molecule has 0 unspecified atom stereocenters. The Kier molecular flexibility index (Phi) is 8.78. The van der Waals surface area contributed by atoms with Crippen LogP contribution in [-0.2, 0) is 31.0 Å². The minimum Gasteiger partial charge on any atom is -0.321 e. The number of aryl methyl sites for hydroxylation is 2. The van der Waals surface area contributed by atoms with Gasteiger partial charge in [-0.1, -0.05) is 63.3 Å². The van der Waals surface area contributed by atoms with E-state index in [0.29, 0.717) is 6.42 Å². The topological polar surface area (TPSA) is 70.8 Å². The third kappa shape index (κ3) is 7.13.